The van der Waals surface area contributed by atoms with Crippen molar-refractivity contribution < 1.29 is 8.42 Å². The van der Waals surface area contributed by atoms with Crippen molar-refractivity contribution in [2.45, 2.75) is 50.8 Å². The standard InChI is InChI=1S/C15H24N2O2S/c1-11-7-8-14(16)15(12(11)2)20(18,19)17-10-9-13-5-3-4-6-13/h7-8,13,17H,3-6,9-10,16H2,1-2H3. The number of nitrogen functional groups attached to an aromatic ring is 1. The molecule has 5 heteroatoms. The van der Waals surface area contributed by atoms with Crippen LogP contribution < -0.4 is 10.5 Å². The van der Waals surface area contributed by atoms with E-state index in [9.17, 15) is 8.42 Å². The molecule has 0 aliphatic heterocycles. The van der Waals surface area contributed by atoms with Crippen LogP contribution in [0.25, 0.3) is 0 Å². The van der Waals surface area contributed by atoms with Crippen molar-refractivity contribution >= 4 is 15.7 Å². The smallest absolute Gasteiger partial charge is 0.242 e. The number of aryl methyl sites for hydroxylation is 1. The Morgan fingerprint density at radius 2 is 1.90 bits per heavy atom. The third-order valence-electron chi connectivity index (χ3n) is 4.30. The number of anilines is 1. The summed E-state index contributed by atoms with van der Waals surface area (Å²) in [7, 11) is -3.51. The summed E-state index contributed by atoms with van der Waals surface area (Å²) in [5.41, 5.74) is 7.85. The molecule has 0 amide bonds. The van der Waals surface area contributed by atoms with Crippen LogP contribution in [0.5, 0.6) is 0 Å². The highest BCUT2D eigenvalue weighted by Crippen LogP contribution is 2.28. The highest BCUT2D eigenvalue weighted by atomic mass is 32.2. The number of nitrogens with one attached hydrogen (secondary N) is 1. The Morgan fingerprint density at radius 1 is 1.25 bits per heavy atom. The van der Waals surface area contributed by atoms with Gasteiger partial charge in [0.15, 0.2) is 0 Å². The Kier molecular flexibility index (Phi) is 4.70. The first-order valence-electron chi connectivity index (χ1n) is 7.27. The second-order valence-electron chi connectivity index (χ2n) is 5.76. The Hall–Kier alpha value is -1.07. The third kappa shape index (κ3) is 3.33. The fourth-order valence-electron chi connectivity index (χ4n) is 2.94. The van der Waals surface area contributed by atoms with Gasteiger partial charge in [0.05, 0.1) is 5.69 Å². The molecule has 1 saturated carbocycles. The van der Waals surface area contributed by atoms with Gasteiger partial charge in [-0.3, -0.25) is 0 Å². The van der Waals surface area contributed by atoms with Crippen molar-refractivity contribution in [3.05, 3.63) is 23.3 Å². The van der Waals surface area contributed by atoms with Gasteiger partial charge in [0.1, 0.15) is 4.90 Å². The summed E-state index contributed by atoms with van der Waals surface area (Å²) in [5, 5.41) is 0. The lowest BCUT2D eigenvalue weighted by molar-refractivity contribution is 0.495. The monoisotopic (exact) mass is 296 g/mol. The predicted molar refractivity (Wildman–Crippen MR) is 82.1 cm³/mol. The van der Waals surface area contributed by atoms with E-state index >= 15 is 0 Å². The molecule has 1 aliphatic rings. The molecule has 0 radical (unpaired) electrons. The van der Waals surface area contributed by atoms with Gasteiger partial charge in [0, 0.05) is 6.54 Å². The second-order valence-corrected chi connectivity index (χ2v) is 7.47. The van der Waals surface area contributed by atoms with E-state index in [-0.39, 0.29) is 4.90 Å². The molecule has 0 heterocycles. The van der Waals surface area contributed by atoms with Gasteiger partial charge < -0.3 is 5.73 Å². The Labute approximate surface area is 121 Å². The lowest BCUT2D eigenvalue weighted by Gasteiger charge is -2.14. The predicted octanol–water partition coefficient (Wildman–Crippen LogP) is 2.74. The van der Waals surface area contributed by atoms with E-state index < -0.39 is 10.0 Å². The number of hydrogen-bond donors (Lipinski definition) is 2. The van der Waals surface area contributed by atoms with E-state index in [0.29, 0.717) is 18.2 Å². The van der Waals surface area contributed by atoms with Gasteiger partial charge in [-0.05, 0) is 43.4 Å². The SMILES string of the molecule is Cc1ccc(N)c(S(=O)(=O)NCCC2CCCC2)c1C. The van der Waals surface area contributed by atoms with E-state index in [2.05, 4.69) is 4.72 Å². The zero-order valence-corrected chi connectivity index (χ0v) is 13.1. The van der Waals surface area contributed by atoms with Crippen LogP contribution in [0.15, 0.2) is 17.0 Å². The van der Waals surface area contributed by atoms with Gasteiger partial charge in [-0.25, -0.2) is 13.1 Å². The lowest BCUT2D eigenvalue weighted by Crippen LogP contribution is -2.27. The highest BCUT2D eigenvalue weighted by Gasteiger charge is 2.22. The molecule has 4 nitrogen and oxygen atoms in total. The van der Waals surface area contributed by atoms with Crippen LogP contribution in [0.4, 0.5) is 5.69 Å². The molecule has 1 aromatic rings. The van der Waals surface area contributed by atoms with Crippen LogP contribution in [0.1, 0.15) is 43.2 Å². The number of nitrogens with two attached hydrogens (primary N) is 1. The van der Waals surface area contributed by atoms with Crippen molar-refractivity contribution in [2.75, 3.05) is 12.3 Å². The Balaban J connectivity index is 2.08. The van der Waals surface area contributed by atoms with Gasteiger partial charge in [-0.2, -0.15) is 0 Å². The minimum atomic E-state index is -3.51. The second kappa shape index (κ2) is 6.14. The molecule has 0 spiro atoms. The minimum absolute atomic E-state index is 0.240. The van der Waals surface area contributed by atoms with E-state index in [4.69, 9.17) is 5.73 Å². The summed E-state index contributed by atoms with van der Waals surface area (Å²) in [5.74, 6) is 0.675. The quantitative estimate of drug-likeness (QED) is 0.821. The van der Waals surface area contributed by atoms with Gasteiger partial charge >= 0.3 is 0 Å². The zero-order valence-electron chi connectivity index (χ0n) is 12.3. The molecule has 0 saturated heterocycles. The summed E-state index contributed by atoms with van der Waals surface area (Å²) in [4.78, 5) is 0.240. The van der Waals surface area contributed by atoms with Gasteiger partial charge in [-0.15, -0.1) is 0 Å². The molecule has 20 heavy (non-hydrogen) atoms. The van der Waals surface area contributed by atoms with Crippen molar-refractivity contribution in [2.24, 2.45) is 5.92 Å². The molecule has 1 aliphatic carbocycles. The van der Waals surface area contributed by atoms with Crippen LogP contribution in [-0.4, -0.2) is 15.0 Å². The lowest BCUT2D eigenvalue weighted by atomic mass is 10.1. The van der Waals surface area contributed by atoms with Crippen LogP contribution in [0.2, 0.25) is 0 Å². The Morgan fingerprint density at radius 3 is 2.55 bits per heavy atom. The summed E-state index contributed by atoms with van der Waals surface area (Å²) < 4.78 is 27.5. The first-order valence-corrected chi connectivity index (χ1v) is 8.75. The van der Waals surface area contributed by atoms with Gasteiger partial charge in [-0.1, -0.05) is 31.7 Å². The minimum Gasteiger partial charge on any atom is -0.398 e. The number of hydrogen-bond acceptors (Lipinski definition) is 3. The van der Waals surface area contributed by atoms with Gasteiger partial charge in [0.2, 0.25) is 10.0 Å². The third-order valence-corrected chi connectivity index (χ3v) is 5.96. The largest absolute Gasteiger partial charge is 0.398 e. The van der Waals surface area contributed by atoms with Crippen LogP contribution in [0, 0.1) is 19.8 Å². The molecular weight excluding hydrogens is 272 g/mol. The maximum Gasteiger partial charge on any atom is 0.242 e. The molecule has 112 valence electrons. The molecule has 0 aromatic heterocycles. The topological polar surface area (TPSA) is 72.2 Å². The zero-order chi connectivity index (χ0) is 14.8. The summed E-state index contributed by atoms with van der Waals surface area (Å²) >= 11 is 0. The van der Waals surface area contributed by atoms with Gasteiger partial charge in [0.25, 0.3) is 0 Å². The molecular formula is C15H24N2O2S. The summed E-state index contributed by atoms with van der Waals surface area (Å²) in [6.45, 7) is 4.20. The van der Waals surface area contributed by atoms with Crippen molar-refractivity contribution in [3.63, 3.8) is 0 Å². The molecule has 1 fully saturated rings. The fraction of sp³-hybridized carbons (Fsp3) is 0.600. The normalized spacial score (nSPS) is 16.7. The fourth-order valence-corrected chi connectivity index (χ4v) is 4.41. The summed E-state index contributed by atoms with van der Waals surface area (Å²) in [6, 6.07) is 3.51. The molecule has 3 N–H and O–H groups in total. The van der Waals surface area contributed by atoms with Crippen molar-refractivity contribution in [3.8, 4) is 0 Å². The molecule has 1 aromatic carbocycles. The maximum atomic E-state index is 12.4. The first kappa shape index (κ1) is 15.3. The average Bonchev–Trinajstić information content (AvgIpc) is 2.87. The van der Waals surface area contributed by atoms with Crippen LogP contribution >= 0.6 is 0 Å². The van der Waals surface area contributed by atoms with Crippen LogP contribution in [0.3, 0.4) is 0 Å². The van der Waals surface area contributed by atoms with Crippen molar-refractivity contribution in [1.82, 2.24) is 4.72 Å². The van der Waals surface area contributed by atoms with E-state index in [1.165, 1.54) is 25.7 Å². The van der Waals surface area contributed by atoms with E-state index in [1.54, 1.807) is 13.0 Å². The van der Waals surface area contributed by atoms with E-state index in [1.807, 2.05) is 13.0 Å². The highest BCUT2D eigenvalue weighted by molar-refractivity contribution is 7.89. The number of sulfonamides is 1. The Bertz CT molecular complexity index is 576. The van der Waals surface area contributed by atoms with Crippen molar-refractivity contribution in [1.29, 1.82) is 0 Å². The summed E-state index contributed by atoms with van der Waals surface area (Å²) in [6.07, 6.45) is 5.94. The van der Waals surface area contributed by atoms with Crippen LogP contribution in [-0.2, 0) is 10.0 Å². The molecule has 0 unspecified atom stereocenters. The van der Waals surface area contributed by atoms with E-state index in [0.717, 1.165) is 17.5 Å². The molecule has 2 rings (SSSR count). The maximum absolute atomic E-state index is 12.4. The molecule has 0 bridgehead atoms. The number of benzene rings is 1. The first-order chi connectivity index (χ1) is 9.42. The molecule has 0 atom stereocenters. The number of rotatable bonds is 5. The average molecular weight is 296 g/mol.